The van der Waals surface area contributed by atoms with Gasteiger partial charge in [0, 0.05) is 27.6 Å². The van der Waals surface area contributed by atoms with Crippen LogP contribution in [0.2, 0.25) is 0 Å². The molecular weight excluding hydrogens is 425 g/mol. The molecule has 5 heteroatoms. The monoisotopic (exact) mass is 463 g/mol. The van der Waals surface area contributed by atoms with Crippen molar-refractivity contribution in [2.45, 2.75) is 80.1 Å². The zero-order valence-corrected chi connectivity index (χ0v) is 21.7. The second-order valence-electron chi connectivity index (χ2n) is 9.74. The third-order valence-corrected chi connectivity index (χ3v) is 6.13. The van der Waals surface area contributed by atoms with Gasteiger partial charge in [0.25, 0.3) is 5.91 Å². The quantitative estimate of drug-likeness (QED) is 0.287. The van der Waals surface area contributed by atoms with Crippen LogP contribution in [0.4, 0.5) is 4.39 Å². The SMILES string of the molecule is CC.CCCC(CCC)c1cc2cc3c(cnn3C(=O)C(C)(C)C)cc2n1-c1ccc(F)cc1. The maximum Gasteiger partial charge on any atom is 0.252 e. The fourth-order valence-electron chi connectivity index (χ4n) is 4.55. The molecule has 2 aromatic heterocycles. The van der Waals surface area contributed by atoms with Gasteiger partial charge >= 0.3 is 0 Å². The van der Waals surface area contributed by atoms with Crippen LogP contribution in [0, 0.1) is 11.2 Å². The van der Waals surface area contributed by atoms with E-state index in [1.54, 1.807) is 6.20 Å². The van der Waals surface area contributed by atoms with E-state index in [1.165, 1.54) is 22.5 Å². The van der Waals surface area contributed by atoms with Gasteiger partial charge in [-0.25, -0.2) is 4.39 Å². The maximum absolute atomic E-state index is 13.7. The first-order valence-corrected chi connectivity index (χ1v) is 12.6. The number of fused-ring (bicyclic) bond motifs is 2. The molecule has 0 unspecified atom stereocenters. The van der Waals surface area contributed by atoms with Gasteiger partial charge in [0.2, 0.25) is 0 Å². The first-order valence-electron chi connectivity index (χ1n) is 12.6. The molecule has 0 aliphatic heterocycles. The Morgan fingerprint density at radius 2 is 1.53 bits per heavy atom. The topological polar surface area (TPSA) is 39.8 Å². The second kappa shape index (κ2) is 10.5. The number of carbonyl (C=O) groups is 1. The van der Waals surface area contributed by atoms with E-state index in [1.807, 2.05) is 46.8 Å². The molecular formula is C29H38FN3O. The highest BCUT2D eigenvalue weighted by molar-refractivity contribution is 6.01. The van der Waals surface area contributed by atoms with Crippen LogP contribution >= 0.6 is 0 Å². The normalized spacial score (nSPS) is 11.8. The molecule has 182 valence electrons. The summed E-state index contributed by atoms with van der Waals surface area (Å²) in [5.74, 6) is 0.146. The number of benzene rings is 2. The van der Waals surface area contributed by atoms with E-state index < -0.39 is 5.41 Å². The molecule has 34 heavy (non-hydrogen) atoms. The van der Waals surface area contributed by atoms with Crippen LogP contribution in [0.3, 0.4) is 0 Å². The van der Waals surface area contributed by atoms with Crippen molar-refractivity contribution in [3.63, 3.8) is 0 Å². The number of hydrogen-bond acceptors (Lipinski definition) is 2. The van der Waals surface area contributed by atoms with Crippen molar-refractivity contribution in [3.8, 4) is 5.69 Å². The number of hydrogen-bond donors (Lipinski definition) is 0. The average Bonchev–Trinajstić information content (AvgIpc) is 3.39. The first kappa shape index (κ1) is 25.7. The highest BCUT2D eigenvalue weighted by Crippen LogP contribution is 2.36. The minimum atomic E-state index is -0.521. The van der Waals surface area contributed by atoms with Crippen LogP contribution in [0.15, 0.2) is 48.7 Å². The highest BCUT2D eigenvalue weighted by Gasteiger charge is 2.26. The minimum absolute atomic E-state index is 0.0279. The summed E-state index contributed by atoms with van der Waals surface area (Å²) in [6.45, 7) is 14.2. The lowest BCUT2D eigenvalue weighted by molar-refractivity contribution is 0.0755. The zero-order valence-electron chi connectivity index (χ0n) is 21.7. The van der Waals surface area contributed by atoms with E-state index in [9.17, 15) is 9.18 Å². The van der Waals surface area contributed by atoms with Gasteiger partial charge in [-0.05, 0) is 61.2 Å². The summed E-state index contributed by atoms with van der Waals surface area (Å²) in [5.41, 5.74) is 3.55. The van der Waals surface area contributed by atoms with Crippen LogP contribution < -0.4 is 0 Å². The second-order valence-corrected chi connectivity index (χ2v) is 9.74. The summed E-state index contributed by atoms with van der Waals surface area (Å²) in [4.78, 5) is 12.9. The van der Waals surface area contributed by atoms with Gasteiger partial charge in [-0.15, -0.1) is 0 Å². The molecule has 0 fully saturated rings. The first-order chi connectivity index (χ1) is 16.2. The van der Waals surface area contributed by atoms with E-state index in [2.05, 4.69) is 41.7 Å². The third-order valence-electron chi connectivity index (χ3n) is 6.13. The molecule has 4 rings (SSSR count). The van der Waals surface area contributed by atoms with Crippen LogP contribution in [-0.4, -0.2) is 20.3 Å². The van der Waals surface area contributed by atoms with E-state index in [-0.39, 0.29) is 11.7 Å². The lowest BCUT2D eigenvalue weighted by Gasteiger charge is -2.19. The van der Waals surface area contributed by atoms with E-state index >= 15 is 0 Å². The summed E-state index contributed by atoms with van der Waals surface area (Å²) in [6, 6.07) is 13.1. The highest BCUT2D eigenvalue weighted by atomic mass is 19.1. The molecule has 0 bridgehead atoms. The van der Waals surface area contributed by atoms with E-state index in [0.717, 1.165) is 53.2 Å². The molecule has 0 spiro atoms. The number of carbonyl (C=O) groups excluding carboxylic acids is 1. The number of nitrogens with zero attached hydrogens (tertiary/aromatic N) is 3. The molecule has 2 aromatic carbocycles. The van der Waals surface area contributed by atoms with Crippen molar-refractivity contribution in [3.05, 3.63) is 60.2 Å². The Morgan fingerprint density at radius 3 is 2.09 bits per heavy atom. The van der Waals surface area contributed by atoms with Crippen molar-refractivity contribution < 1.29 is 9.18 Å². The molecule has 0 amide bonds. The summed E-state index contributed by atoms with van der Waals surface area (Å²) in [5, 5.41) is 6.39. The Kier molecular flexibility index (Phi) is 7.96. The predicted molar refractivity (Wildman–Crippen MR) is 141 cm³/mol. The largest absolute Gasteiger partial charge is 0.313 e. The van der Waals surface area contributed by atoms with Crippen molar-refractivity contribution in [2.75, 3.05) is 0 Å². The van der Waals surface area contributed by atoms with Gasteiger partial charge in [0.15, 0.2) is 0 Å². The summed E-state index contributed by atoms with van der Waals surface area (Å²) < 4.78 is 17.5. The van der Waals surface area contributed by atoms with Gasteiger partial charge in [-0.2, -0.15) is 9.78 Å². The Morgan fingerprint density at radius 1 is 0.941 bits per heavy atom. The molecule has 4 aromatic rings. The van der Waals surface area contributed by atoms with Gasteiger partial charge < -0.3 is 4.57 Å². The Hall–Kier alpha value is -2.95. The maximum atomic E-state index is 13.7. The van der Waals surface area contributed by atoms with Crippen molar-refractivity contribution in [1.82, 2.24) is 14.3 Å². The van der Waals surface area contributed by atoms with Crippen molar-refractivity contribution >= 4 is 27.7 Å². The molecule has 0 aliphatic carbocycles. The molecule has 0 N–H and O–H groups in total. The molecule has 0 saturated carbocycles. The van der Waals surface area contributed by atoms with Crippen LogP contribution in [-0.2, 0) is 0 Å². The van der Waals surface area contributed by atoms with Crippen molar-refractivity contribution in [1.29, 1.82) is 0 Å². The van der Waals surface area contributed by atoms with Gasteiger partial charge in [0.1, 0.15) is 5.82 Å². The van der Waals surface area contributed by atoms with Crippen LogP contribution in [0.5, 0.6) is 0 Å². The molecule has 0 saturated heterocycles. The van der Waals surface area contributed by atoms with Crippen LogP contribution in [0.1, 0.15) is 90.6 Å². The smallest absolute Gasteiger partial charge is 0.252 e. The number of rotatable bonds is 6. The molecule has 4 nitrogen and oxygen atoms in total. The van der Waals surface area contributed by atoms with Gasteiger partial charge in [-0.1, -0.05) is 61.3 Å². The summed E-state index contributed by atoms with van der Waals surface area (Å²) in [6.07, 6.45) is 6.16. The summed E-state index contributed by atoms with van der Waals surface area (Å²) in [7, 11) is 0. The minimum Gasteiger partial charge on any atom is -0.313 e. The predicted octanol–water partition coefficient (Wildman–Crippen LogP) is 8.52. The zero-order chi connectivity index (χ0) is 25.0. The number of aromatic nitrogens is 3. The lowest BCUT2D eigenvalue weighted by Crippen LogP contribution is -2.27. The van der Waals surface area contributed by atoms with Crippen LogP contribution in [0.25, 0.3) is 27.5 Å². The fourth-order valence-corrected chi connectivity index (χ4v) is 4.55. The Bertz CT molecular complexity index is 1250. The standard InChI is InChI=1S/C27H32FN3O.C2H6/c1-6-8-18(9-7-2)23-14-19-15-25-20(17-29-31(25)26(32)27(3,4)5)16-24(19)30(23)22-12-10-21(28)11-13-22;1-2/h10-18H,6-9H2,1-5H3;1-2H3. The average molecular weight is 464 g/mol. The van der Waals surface area contributed by atoms with E-state index in [0.29, 0.717) is 5.92 Å². The third kappa shape index (κ3) is 4.94. The molecule has 0 atom stereocenters. The van der Waals surface area contributed by atoms with Gasteiger partial charge in [-0.3, -0.25) is 4.79 Å². The number of halogens is 1. The molecule has 0 radical (unpaired) electrons. The van der Waals surface area contributed by atoms with Gasteiger partial charge in [0.05, 0.1) is 17.2 Å². The van der Waals surface area contributed by atoms with Crippen molar-refractivity contribution in [2.24, 2.45) is 5.41 Å². The summed E-state index contributed by atoms with van der Waals surface area (Å²) >= 11 is 0. The molecule has 2 heterocycles. The fraction of sp³-hybridized carbons (Fsp3) is 0.448. The van der Waals surface area contributed by atoms with E-state index in [4.69, 9.17) is 0 Å². The lowest BCUT2D eigenvalue weighted by atomic mass is 9.94. The molecule has 0 aliphatic rings. The Balaban J connectivity index is 0.00000158. The Labute approximate surface area is 202 Å².